The summed E-state index contributed by atoms with van der Waals surface area (Å²) < 4.78 is 6.61. The number of imidazole rings is 1. The quantitative estimate of drug-likeness (QED) is 0.654. The number of carbonyl (C=O) groups is 1. The van der Waals surface area contributed by atoms with E-state index in [4.69, 9.17) is 9.84 Å². The third kappa shape index (κ3) is 3.83. The maximum atomic E-state index is 11.1. The summed E-state index contributed by atoms with van der Waals surface area (Å²) in [7, 11) is 1.64. The summed E-state index contributed by atoms with van der Waals surface area (Å²) in [6.45, 7) is 3.73. The zero-order valence-electron chi connectivity index (χ0n) is 10.2. The first-order chi connectivity index (χ1) is 8.20. The van der Waals surface area contributed by atoms with Gasteiger partial charge in [-0.3, -0.25) is 0 Å². The molecule has 0 aliphatic heterocycles. The van der Waals surface area contributed by atoms with Crippen LogP contribution < -0.4 is 5.32 Å². The van der Waals surface area contributed by atoms with Gasteiger partial charge in [0.1, 0.15) is 11.9 Å². The number of aliphatic carboxylic acids is 1. The Morgan fingerprint density at radius 3 is 3.06 bits per heavy atom. The van der Waals surface area contributed by atoms with Crippen molar-refractivity contribution in [2.24, 2.45) is 0 Å². The molecule has 0 saturated heterocycles. The van der Waals surface area contributed by atoms with Crippen molar-refractivity contribution in [1.29, 1.82) is 0 Å². The SMILES string of the molecule is CCC(C(=O)O)n1ccnc1CNCCOC. The second-order valence-corrected chi connectivity index (χ2v) is 3.68. The maximum absolute atomic E-state index is 11.1. The van der Waals surface area contributed by atoms with Gasteiger partial charge in [-0.15, -0.1) is 0 Å². The number of carboxylic acids is 1. The molecule has 17 heavy (non-hydrogen) atoms. The molecule has 6 heteroatoms. The minimum Gasteiger partial charge on any atom is -0.480 e. The van der Waals surface area contributed by atoms with E-state index in [0.29, 0.717) is 26.1 Å². The van der Waals surface area contributed by atoms with Crippen LogP contribution in [0.2, 0.25) is 0 Å². The van der Waals surface area contributed by atoms with Gasteiger partial charge >= 0.3 is 5.97 Å². The molecular formula is C11H19N3O3. The van der Waals surface area contributed by atoms with Gasteiger partial charge in [-0.25, -0.2) is 9.78 Å². The molecule has 0 bridgehead atoms. The Kier molecular flexibility index (Phi) is 5.65. The molecule has 1 unspecified atom stereocenters. The van der Waals surface area contributed by atoms with Crippen LogP contribution in [0.1, 0.15) is 25.2 Å². The molecule has 0 fully saturated rings. The molecule has 0 spiro atoms. The number of carboxylic acid groups (broad SMARTS) is 1. The van der Waals surface area contributed by atoms with E-state index in [1.807, 2.05) is 6.92 Å². The molecule has 96 valence electrons. The molecule has 0 amide bonds. The van der Waals surface area contributed by atoms with Gasteiger partial charge in [-0.05, 0) is 6.42 Å². The molecule has 0 aliphatic rings. The zero-order chi connectivity index (χ0) is 12.7. The number of hydrogen-bond donors (Lipinski definition) is 2. The Bertz CT molecular complexity index is 351. The van der Waals surface area contributed by atoms with E-state index in [-0.39, 0.29) is 0 Å². The molecule has 0 radical (unpaired) electrons. The van der Waals surface area contributed by atoms with Crippen LogP contribution >= 0.6 is 0 Å². The summed E-state index contributed by atoms with van der Waals surface area (Å²) in [6.07, 6.45) is 3.87. The van der Waals surface area contributed by atoms with Crippen molar-refractivity contribution in [3.8, 4) is 0 Å². The highest BCUT2D eigenvalue weighted by molar-refractivity contribution is 5.71. The Morgan fingerprint density at radius 2 is 2.47 bits per heavy atom. The predicted molar refractivity (Wildman–Crippen MR) is 62.8 cm³/mol. The van der Waals surface area contributed by atoms with Crippen molar-refractivity contribution in [2.45, 2.75) is 25.9 Å². The summed E-state index contributed by atoms with van der Waals surface area (Å²) in [5.74, 6) is -0.0982. The number of aromatic nitrogens is 2. The van der Waals surface area contributed by atoms with Crippen LogP contribution in [0.5, 0.6) is 0 Å². The monoisotopic (exact) mass is 241 g/mol. The number of nitrogens with zero attached hydrogens (tertiary/aromatic N) is 2. The largest absolute Gasteiger partial charge is 0.480 e. The van der Waals surface area contributed by atoms with Crippen LogP contribution in [0.25, 0.3) is 0 Å². The molecule has 0 aromatic carbocycles. The molecule has 1 rings (SSSR count). The Hall–Kier alpha value is -1.40. The highest BCUT2D eigenvalue weighted by Gasteiger charge is 2.19. The molecule has 1 heterocycles. The van der Waals surface area contributed by atoms with Gasteiger partial charge < -0.3 is 19.7 Å². The molecule has 2 N–H and O–H groups in total. The third-order valence-corrected chi connectivity index (χ3v) is 2.52. The van der Waals surface area contributed by atoms with Gasteiger partial charge in [-0.2, -0.15) is 0 Å². The molecule has 1 atom stereocenters. The summed E-state index contributed by atoms with van der Waals surface area (Å²) in [5, 5.41) is 12.2. The normalized spacial score (nSPS) is 12.6. The predicted octanol–water partition coefficient (Wildman–Crippen LogP) is 0.655. The van der Waals surface area contributed by atoms with Crippen LogP contribution in [0, 0.1) is 0 Å². The first-order valence-corrected chi connectivity index (χ1v) is 5.64. The van der Waals surface area contributed by atoms with E-state index in [2.05, 4.69) is 10.3 Å². The van der Waals surface area contributed by atoms with Gasteiger partial charge in [0, 0.05) is 26.0 Å². The van der Waals surface area contributed by atoms with Crippen LogP contribution in [0.15, 0.2) is 12.4 Å². The lowest BCUT2D eigenvalue weighted by molar-refractivity contribution is -0.141. The second-order valence-electron chi connectivity index (χ2n) is 3.68. The van der Waals surface area contributed by atoms with E-state index >= 15 is 0 Å². The number of ether oxygens (including phenoxy) is 1. The summed E-state index contributed by atoms with van der Waals surface area (Å²) >= 11 is 0. The van der Waals surface area contributed by atoms with Crippen LogP contribution in [0.4, 0.5) is 0 Å². The summed E-state index contributed by atoms with van der Waals surface area (Å²) in [5.41, 5.74) is 0. The highest BCUT2D eigenvalue weighted by atomic mass is 16.5. The van der Waals surface area contributed by atoms with Gasteiger partial charge in [-0.1, -0.05) is 6.92 Å². The van der Waals surface area contributed by atoms with Gasteiger partial charge in [0.2, 0.25) is 0 Å². The second kappa shape index (κ2) is 7.03. The Balaban J connectivity index is 2.61. The maximum Gasteiger partial charge on any atom is 0.326 e. The fourth-order valence-corrected chi connectivity index (χ4v) is 1.63. The first kappa shape index (κ1) is 13.7. The first-order valence-electron chi connectivity index (χ1n) is 5.64. The number of hydrogen-bond acceptors (Lipinski definition) is 4. The van der Waals surface area contributed by atoms with Crippen LogP contribution in [-0.2, 0) is 16.1 Å². The van der Waals surface area contributed by atoms with Gasteiger partial charge in [0.25, 0.3) is 0 Å². The van der Waals surface area contributed by atoms with E-state index in [1.54, 1.807) is 24.1 Å². The van der Waals surface area contributed by atoms with Crippen molar-refractivity contribution in [2.75, 3.05) is 20.3 Å². The molecule has 0 saturated carbocycles. The minimum atomic E-state index is -0.830. The van der Waals surface area contributed by atoms with Crippen molar-refractivity contribution < 1.29 is 14.6 Å². The number of methoxy groups -OCH3 is 1. The molecule has 6 nitrogen and oxygen atoms in total. The fraction of sp³-hybridized carbons (Fsp3) is 0.636. The average Bonchev–Trinajstić information content (AvgIpc) is 2.73. The third-order valence-electron chi connectivity index (χ3n) is 2.52. The molecule has 1 aromatic heterocycles. The lowest BCUT2D eigenvalue weighted by Gasteiger charge is -2.15. The lowest BCUT2D eigenvalue weighted by Crippen LogP contribution is -2.25. The van der Waals surface area contributed by atoms with Crippen molar-refractivity contribution in [3.63, 3.8) is 0 Å². The van der Waals surface area contributed by atoms with Crippen LogP contribution in [0.3, 0.4) is 0 Å². The topological polar surface area (TPSA) is 76.4 Å². The zero-order valence-corrected chi connectivity index (χ0v) is 10.2. The highest BCUT2D eigenvalue weighted by Crippen LogP contribution is 2.13. The smallest absolute Gasteiger partial charge is 0.326 e. The fourth-order valence-electron chi connectivity index (χ4n) is 1.63. The lowest BCUT2D eigenvalue weighted by atomic mass is 10.2. The van der Waals surface area contributed by atoms with E-state index in [1.165, 1.54) is 0 Å². The van der Waals surface area contributed by atoms with Crippen LogP contribution in [-0.4, -0.2) is 40.9 Å². The summed E-state index contributed by atoms with van der Waals surface area (Å²) in [4.78, 5) is 15.2. The summed E-state index contributed by atoms with van der Waals surface area (Å²) in [6, 6.07) is -0.545. The van der Waals surface area contributed by atoms with Gasteiger partial charge in [0.15, 0.2) is 0 Å². The van der Waals surface area contributed by atoms with Gasteiger partial charge in [0.05, 0.1) is 13.2 Å². The molecule has 1 aromatic rings. The van der Waals surface area contributed by atoms with Crippen molar-refractivity contribution in [3.05, 3.63) is 18.2 Å². The number of nitrogens with one attached hydrogen (secondary N) is 1. The van der Waals surface area contributed by atoms with Crippen molar-refractivity contribution >= 4 is 5.97 Å². The standard InChI is InChI=1S/C11H19N3O3/c1-3-9(11(15)16)14-6-4-13-10(14)8-12-5-7-17-2/h4,6,9,12H,3,5,7-8H2,1-2H3,(H,15,16). The Labute approximate surface area is 101 Å². The average molecular weight is 241 g/mol. The Morgan fingerprint density at radius 1 is 1.71 bits per heavy atom. The van der Waals surface area contributed by atoms with E-state index in [9.17, 15) is 4.79 Å². The van der Waals surface area contributed by atoms with Crippen molar-refractivity contribution in [1.82, 2.24) is 14.9 Å². The number of rotatable bonds is 8. The van der Waals surface area contributed by atoms with E-state index < -0.39 is 12.0 Å². The molecule has 0 aliphatic carbocycles. The van der Waals surface area contributed by atoms with E-state index in [0.717, 1.165) is 5.82 Å². The molecular weight excluding hydrogens is 222 g/mol. The minimum absolute atomic E-state index is 0.538.